The lowest BCUT2D eigenvalue weighted by atomic mass is 10.1. The molecular formula is C28H33N5O2. The van der Waals surface area contributed by atoms with E-state index in [0.29, 0.717) is 17.5 Å². The minimum atomic E-state index is 0.371. The van der Waals surface area contributed by atoms with Gasteiger partial charge in [0.1, 0.15) is 5.82 Å². The molecule has 0 spiro atoms. The molecule has 0 saturated carbocycles. The van der Waals surface area contributed by atoms with E-state index in [4.69, 9.17) is 19.6 Å². The van der Waals surface area contributed by atoms with Crippen LogP contribution in [0.2, 0.25) is 0 Å². The summed E-state index contributed by atoms with van der Waals surface area (Å²) < 4.78 is 13.0. The molecule has 0 amide bonds. The van der Waals surface area contributed by atoms with Crippen LogP contribution in [0.1, 0.15) is 23.9 Å². The monoisotopic (exact) mass is 471 g/mol. The number of nitrogens with zero attached hydrogens (tertiary/aromatic N) is 5. The maximum absolute atomic E-state index is 5.55. The van der Waals surface area contributed by atoms with Crippen molar-refractivity contribution in [3.8, 4) is 22.6 Å². The van der Waals surface area contributed by atoms with Crippen LogP contribution in [0.3, 0.4) is 0 Å². The standard InChI is InChI=1S/C28H33N5O2/c1-18-8-7-9-23(14-18)32-13-12-31(17-20(32)3)26-15-19(2)29-28-27(21(4)30-33(26)28)22-10-11-24(34-5)25(16-22)35-6/h7-11,14-16,20H,12-13,17H2,1-6H3/t20-/m1/s1. The lowest BCUT2D eigenvalue weighted by molar-refractivity contribution is 0.355. The average molecular weight is 472 g/mol. The quantitative estimate of drug-likeness (QED) is 0.406. The summed E-state index contributed by atoms with van der Waals surface area (Å²) in [6.45, 7) is 11.3. The van der Waals surface area contributed by atoms with Crippen molar-refractivity contribution in [2.75, 3.05) is 43.7 Å². The van der Waals surface area contributed by atoms with Crippen LogP contribution in [-0.2, 0) is 0 Å². The van der Waals surface area contributed by atoms with Crippen LogP contribution < -0.4 is 19.3 Å². The highest BCUT2D eigenvalue weighted by atomic mass is 16.5. The third-order valence-electron chi connectivity index (χ3n) is 6.83. The Hall–Kier alpha value is -3.74. The molecule has 0 unspecified atom stereocenters. The molecule has 1 aliphatic rings. The molecule has 0 N–H and O–H groups in total. The number of rotatable bonds is 5. The van der Waals surface area contributed by atoms with Gasteiger partial charge in [0.25, 0.3) is 0 Å². The first-order valence-corrected chi connectivity index (χ1v) is 12.1. The van der Waals surface area contributed by atoms with Crippen molar-refractivity contribution in [1.29, 1.82) is 0 Å². The van der Waals surface area contributed by atoms with E-state index in [1.807, 2.05) is 29.6 Å². The van der Waals surface area contributed by atoms with Crippen LogP contribution in [0.25, 0.3) is 16.8 Å². The molecular weight excluding hydrogens is 438 g/mol. The minimum absolute atomic E-state index is 0.371. The van der Waals surface area contributed by atoms with E-state index in [0.717, 1.165) is 53.6 Å². The summed E-state index contributed by atoms with van der Waals surface area (Å²) in [4.78, 5) is 9.84. The van der Waals surface area contributed by atoms with Crippen molar-refractivity contribution in [2.24, 2.45) is 0 Å². The Morgan fingerprint density at radius 3 is 2.43 bits per heavy atom. The molecule has 5 rings (SSSR count). The SMILES string of the molecule is COc1ccc(-c2c(C)nn3c(N4CCN(c5cccc(C)c5)[C@H](C)C4)cc(C)nc23)cc1OC. The van der Waals surface area contributed by atoms with Gasteiger partial charge >= 0.3 is 0 Å². The summed E-state index contributed by atoms with van der Waals surface area (Å²) >= 11 is 0. The number of methoxy groups -OCH3 is 2. The summed E-state index contributed by atoms with van der Waals surface area (Å²) in [7, 11) is 3.30. The number of aromatic nitrogens is 3. The van der Waals surface area contributed by atoms with Crippen LogP contribution in [0.15, 0.2) is 48.5 Å². The lowest BCUT2D eigenvalue weighted by Crippen LogP contribution is -2.52. The zero-order valence-corrected chi connectivity index (χ0v) is 21.4. The van der Waals surface area contributed by atoms with E-state index in [-0.39, 0.29) is 0 Å². The van der Waals surface area contributed by atoms with Crippen molar-refractivity contribution in [3.05, 3.63) is 65.5 Å². The van der Waals surface area contributed by atoms with Gasteiger partial charge in [-0.05, 0) is 63.1 Å². The number of hydrogen-bond donors (Lipinski definition) is 0. The van der Waals surface area contributed by atoms with E-state index in [1.54, 1.807) is 14.2 Å². The number of ether oxygens (including phenoxy) is 2. The normalized spacial score (nSPS) is 16.1. The van der Waals surface area contributed by atoms with Crippen LogP contribution in [0.5, 0.6) is 11.5 Å². The largest absolute Gasteiger partial charge is 0.493 e. The molecule has 3 heterocycles. The highest BCUT2D eigenvalue weighted by molar-refractivity contribution is 5.82. The predicted molar refractivity (Wildman–Crippen MR) is 141 cm³/mol. The van der Waals surface area contributed by atoms with Gasteiger partial charge in [0.2, 0.25) is 0 Å². The van der Waals surface area contributed by atoms with Crippen LogP contribution in [0, 0.1) is 20.8 Å². The van der Waals surface area contributed by atoms with Crippen molar-refractivity contribution in [3.63, 3.8) is 0 Å². The molecule has 0 bridgehead atoms. The molecule has 1 fully saturated rings. The zero-order chi connectivity index (χ0) is 24.7. The van der Waals surface area contributed by atoms with Gasteiger partial charge in [0.15, 0.2) is 17.1 Å². The number of aryl methyl sites for hydroxylation is 3. The fraction of sp³-hybridized carbons (Fsp3) is 0.357. The van der Waals surface area contributed by atoms with Gasteiger partial charge < -0.3 is 19.3 Å². The maximum atomic E-state index is 5.55. The Labute approximate surface area is 206 Å². The number of piperazine rings is 1. The van der Waals surface area contributed by atoms with Crippen molar-refractivity contribution in [2.45, 2.75) is 33.7 Å². The molecule has 4 aromatic rings. The van der Waals surface area contributed by atoms with Crippen LogP contribution in [-0.4, -0.2) is 54.5 Å². The fourth-order valence-electron chi connectivity index (χ4n) is 5.14. The third kappa shape index (κ3) is 4.16. The maximum Gasteiger partial charge on any atom is 0.165 e. The Bertz CT molecular complexity index is 1380. The summed E-state index contributed by atoms with van der Waals surface area (Å²) in [6, 6.07) is 17.3. The van der Waals surface area contributed by atoms with Gasteiger partial charge in [-0.2, -0.15) is 9.61 Å². The van der Waals surface area contributed by atoms with E-state index < -0.39 is 0 Å². The highest BCUT2D eigenvalue weighted by Crippen LogP contribution is 2.36. The highest BCUT2D eigenvalue weighted by Gasteiger charge is 2.27. The summed E-state index contributed by atoms with van der Waals surface area (Å²) in [6.07, 6.45) is 0. The fourth-order valence-corrected chi connectivity index (χ4v) is 5.14. The summed E-state index contributed by atoms with van der Waals surface area (Å²) in [5.41, 5.74) is 7.38. The summed E-state index contributed by atoms with van der Waals surface area (Å²) in [5.74, 6) is 2.48. The topological polar surface area (TPSA) is 55.1 Å². The Morgan fingerprint density at radius 1 is 0.914 bits per heavy atom. The Morgan fingerprint density at radius 2 is 1.71 bits per heavy atom. The Balaban J connectivity index is 1.52. The van der Waals surface area contributed by atoms with Crippen LogP contribution in [0.4, 0.5) is 11.5 Å². The second-order valence-electron chi connectivity index (χ2n) is 9.35. The van der Waals surface area contributed by atoms with Crippen LogP contribution >= 0.6 is 0 Å². The van der Waals surface area contributed by atoms with Gasteiger partial charge in [0, 0.05) is 48.7 Å². The molecule has 1 saturated heterocycles. The summed E-state index contributed by atoms with van der Waals surface area (Å²) in [5, 5.41) is 4.94. The zero-order valence-electron chi connectivity index (χ0n) is 21.4. The minimum Gasteiger partial charge on any atom is -0.493 e. The molecule has 7 heteroatoms. The van der Waals surface area contributed by atoms with Crippen molar-refractivity contribution < 1.29 is 9.47 Å². The van der Waals surface area contributed by atoms with E-state index in [2.05, 4.69) is 60.9 Å². The number of anilines is 2. The molecule has 182 valence electrons. The van der Waals surface area contributed by atoms with Gasteiger partial charge in [0.05, 0.1) is 19.9 Å². The third-order valence-corrected chi connectivity index (χ3v) is 6.83. The second-order valence-corrected chi connectivity index (χ2v) is 9.35. The molecule has 2 aromatic heterocycles. The number of benzene rings is 2. The molecule has 2 aromatic carbocycles. The van der Waals surface area contributed by atoms with E-state index in [1.165, 1.54) is 11.3 Å². The van der Waals surface area contributed by atoms with Gasteiger partial charge in [-0.25, -0.2) is 4.98 Å². The smallest absolute Gasteiger partial charge is 0.165 e. The average Bonchev–Trinajstić information content (AvgIpc) is 3.18. The molecule has 1 atom stereocenters. The number of hydrogen-bond acceptors (Lipinski definition) is 6. The van der Waals surface area contributed by atoms with Gasteiger partial charge in [-0.15, -0.1) is 0 Å². The predicted octanol–water partition coefficient (Wildman–Crippen LogP) is 5.05. The molecule has 35 heavy (non-hydrogen) atoms. The first-order chi connectivity index (χ1) is 16.9. The van der Waals surface area contributed by atoms with Gasteiger partial charge in [-0.3, -0.25) is 0 Å². The van der Waals surface area contributed by atoms with E-state index >= 15 is 0 Å². The van der Waals surface area contributed by atoms with Crippen molar-refractivity contribution >= 4 is 17.2 Å². The second kappa shape index (κ2) is 9.13. The number of fused-ring (bicyclic) bond motifs is 1. The van der Waals surface area contributed by atoms with Gasteiger partial charge in [-0.1, -0.05) is 18.2 Å². The lowest BCUT2D eigenvalue weighted by Gasteiger charge is -2.42. The van der Waals surface area contributed by atoms with Crippen molar-refractivity contribution in [1.82, 2.24) is 14.6 Å². The Kier molecular flexibility index (Phi) is 6.01. The first kappa shape index (κ1) is 23.0. The molecule has 1 aliphatic heterocycles. The molecule has 0 aliphatic carbocycles. The van der Waals surface area contributed by atoms with E-state index in [9.17, 15) is 0 Å². The first-order valence-electron chi connectivity index (χ1n) is 12.1. The molecule has 7 nitrogen and oxygen atoms in total. The molecule has 0 radical (unpaired) electrons.